The third kappa shape index (κ3) is 5.86. The van der Waals surface area contributed by atoms with Crippen LogP contribution in [0.3, 0.4) is 0 Å². The molecule has 0 saturated heterocycles. The molecule has 2 rings (SSSR count). The Hall–Kier alpha value is -1.39. The lowest BCUT2D eigenvalue weighted by molar-refractivity contribution is -0.121. The Balaban J connectivity index is 1.61. The average Bonchev–Trinajstić information content (AvgIpc) is 2.84. The van der Waals surface area contributed by atoms with Crippen molar-refractivity contribution in [2.75, 3.05) is 6.54 Å². The topological polar surface area (TPSA) is 42.0 Å². The lowest BCUT2D eigenvalue weighted by Gasteiger charge is -2.04. The maximum absolute atomic E-state index is 11.7. The molecule has 0 aliphatic carbocycles. The molecule has 0 aliphatic heterocycles. The highest BCUT2D eigenvalue weighted by Crippen LogP contribution is 2.12. The number of thiazole rings is 1. The fourth-order valence-electron chi connectivity index (χ4n) is 2.09. The molecule has 1 N–H and O–H groups in total. The van der Waals surface area contributed by atoms with E-state index in [1.807, 2.05) is 36.6 Å². The summed E-state index contributed by atoms with van der Waals surface area (Å²) < 4.78 is 0. The molecule has 0 aliphatic rings. The van der Waals surface area contributed by atoms with Crippen LogP contribution in [0.25, 0.3) is 0 Å². The molecule has 5 heteroatoms. The smallest absolute Gasteiger partial charge is 0.220 e. The van der Waals surface area contributed by atoms with Crippen molar-refractivity contribution in [2.24, 2.45) is 0 Å². The van der Waals surface area contributed by atoms with Crippen molar-refractivity contribution >= 4 is 28.8 Å². The third-order valence-corrected chi connectivity index (χ3v) is 4.19. The van der Waals surface area contributed by atoms with Gasteiger partial charge in [-0.2, -0.15) is 0 Å². The molecule has 0 saturated carbocycles. The number of amides is 1. The van der Waals surface area contributed by atoms with Crippen LogP contribution in [0.2, 0.25) is 5.02 Å². The maximum Gasteiger partial charge on any atom is 0.220 e. The van der Waals surface area contributed by atoms with Gasteiger partial charge in [0.2, 0.25) is 5.91 Å². The Bertz CT molecular complexity index is 597. The van der Waals surface area contributed by atoms with Crippen LogP contribution in [0, 0.1) is 6.92 Å². The summed E-state index contributed by atoms with van der Waals surface area (Å²) in [5.74, 6) is 0.101. The van der Waals surface area contributed by atoms with E-state index in [-0.39, 0.29) is 5.91 Å². The molecule has 0 atom stereocenters. The van der Waals surface area contributed by atoms with Gasteiger partial charge in [-0.15, -0.1) is 11.3 Å². The van der Waals surface area contributed by atoms with Crippen molar-refractivity contribution in [3.63, 3.8) is 0 Å². The van der Waals surface area contributed by atoms with Crippen LogP contribution in [-0.2, 0) is 17.6 Å². The zero-order chi connectivity index (χ0) is 15.1. The summed E-state index contributed by atoms with van der Waals surface area (Å²) in [7, 11) is 0. The van der Waals surface area contributed by atoms with Crippen LogP contribution in [0.4, 0.5) is 0 Å². The molecule has 1 heterocycles. The number of aromatic nitrogens is 1. The average molecular weight is 323 g/mol. The number of rotatable bonds is 7. The summed E-state index contributed by atoms with van der Waals surface area (Å²) in [6, 6.07) is 7.78. The molecule has 1 aromatic carbocycles. The van der Waals surface area contributed by atoms with Crippen molar-refractivity contribution < 1.29 is 4.79 Å². The van der Waals surface area contributed by atoms with Crippen LogP contribution in [0.15, 0.2) is 29.6 Å². The minimum atomic E-state index is 0.101. The van der Waals surface area contributed by atoms with E-state index in [1.165, 1.54) is 5.56 Å². The highest BCUT2D eigenvalue weighted by atomic mass is 35.5. The number of halogens is 1. The molecule has 1 aromatic heterocycles. The Kier molecular flexibility index (Phi) is 6.21. The number of aryl methyl sites for hydroxylation is 2. The van der Waals surface area contributed by atoms with Crippen molar-refractivity contribution in [3.05, 3.63) is 50.9 Å². The lowest BCUT2D eigenvalue weighted by Crippen LogP contribution is -2.25. The van der Waals surface area contributed by atoms with E-state index in [2.05, 4.69) is 10.3 Å². The number of hydrogen-bond acceptors (Lipinski definition) is 3. The molecule has 0 spiro atoms. The van der Waals surface area contributed by atoms with E-state index in [9.17, 15) is 4.79 Å². The first-order chi connectivity index (χ1) is 10.1. The van der Waals surface area contributed by atoms with Crippen LogP contribution >= 0.6 is 22.9 Å². The SMILES string of the molecule is Cc1nc(CCNC(=O)CCCc2cccc(Cl)c2)cs1. The highest BCUT2D eigenvalue weighted by molar-refractivity contribution is 7.09. The number of nitrogens with one attached hydrogen (secondary N) is 1. The van der Waals surface area contributed by atoms with Crippen LogP contribution in [0.1, 0.15) is 29.1 Å². The second-order valence-electron chi connectivity index (χ2n) is 4.94. The summed E-state index contributed by atoms with van der Waals surface area (Å²) in [6.07, 6.45) is 3.05. The molecule has 2 aromatic rings. The van der Waals surface area contributed by atoms with Crippen molar-refractivity contribution in [2.45, 2.75) is 32.6 Å². The normalized spacial score (nSPS) is 10.6. The van der Waals surface area contributed by atoms with Gasteiger partial charge in [0, 0.05) is 29.8 Å². The molecule has 1 amide bonds. The predicted octanol–water partition coefficient (Wildman–Crippen LogP) is 3.79. The first-order valence-electron chi connectivity index (χ1n) is 7.05. The zero-order valence-electron chi connectivity index (χ0n) is 12.1. The van der Waals surface area contributed by atoms with E-state index in [1.54, 1.807) is 11.3 Å². The summed E-state index contributed by atoms with van der Waals surface area (Å²) >= 11 is 7.57. The van der Waals surface area contributed by atoms with Gasteiger partial charge in [0.1, 0.15) is 0 Å². The first-order valence-corrected chi connectivity index (χ1v) is 8.31. The maximum atomic E-state index is 11.7. The third-order valence-electron chi connectivity index (χ3n) is 3.13. The number of benzene rings is 1. The van der Waals surface area contributed by atoms with Gasteiger partial charge in [-0.3, -0.25) is 4.79 Å². The second kappa shape index (κ2) is 8.15. The Morgan fingerprint density at radius 2 is 2.24 bits per heavy atom. The number of nitrogens with zero attached hydrogens (tertiary/aromatic N) is 1. The largest absolute Gasteiger partial charge is 0.356 e. The summed E-state index contributed by atoms with van der Waals surface area (Å²) in [5, 5.41) is 6.79. The summed E-state index contributed by atoms with van der Waals surface area (Å²) in [4.78, 5) is 16.1. The van der Waals surface area contributed by atoms with Gasteiger partial charge in [0.05, 0.1) is 10.7 Å². The van der Waals surface area contributed by atoms with Crippen molar-refractivity contribution in [1.82, 2.24) is 10.3 Å². The Morgan fingerprint density at radius 3 is 2.95 bits per heavy atom. The van der Waals surface area contributed by atoms with Gasteiger partial charge in [0.15, 0.2) is 0 Å². The van der Waals surface area contributed by atoms with Gasteiger partial charge in [0.25, 0.3) is 0 Å². The van der Waals surface area contributed by atoms with Gasteiger partial charge >= 0.3 is 0 Å². The van der Waals surface area contributed by atoms with E-state index >= 15 is 0 Å². The lowest BCUT2D eigenvalue weighted by atomic mass is 10.1. The Labute approximate surface area is 134 Å². The summed E-state index contributed by atoms with van der Waals surface area (Å²) in [6.45, 7) is 2.64. The first kappa shape index (κ1) is 16.0. The molecular weight excluding hydrogens is 304 g/mol. The van der Waals surface area contributed by atoms with Crippen LogP contribution in [0.5, 0.6) is 0 Å². The molecule has 0 radical (unpaired) electrons. The number of hydrogen-bond donors (Lipinski definition) is 1. The molecule has 0 unspecified atom stereocenters. The minimum absolute atomic E-state index is 0.101. The van der Waals surface area contributed by atoms with E-state index in [4.69, 9.17) is 11.6 Å². The minimum Gasteiger partial charge on any atom is -0.356 e. The van der Waals surface area contributed by atoms with E-state index in [0.717, 1.165) is 35.0 Å². The Morgan fingerprint density at radius 1 is 1.38 bits per heavy atom. The van der Waals surface area contributed by atoms with E-state index in [0.29, 0.717) is 13.0 Å². The van der Waals surface area contributed by atoms with Gasteiger partial charge in [-0.25, -0.2) is 4.98 Å². The van der Waals surface area contributed by atoms with Crippen LogP contribution in [-0.4, -0.2) is 17.4 Å². The number of carbonyl (C=O) groups excluding carboxylic acids is 1. The molecule has 0 fully saturated rings. The van der Waals surface area contributed by atoms with Crippen molar-refractivity contribution in [1.29, 1.82) is 0 Å². The second-order valence-corrected chi connectivity index (χ2v) is 6.44. The predicted molar refractivity (Wildman–Crippen MR) is 88.0 cm³/mol. The zero-order valence-corrected chi connectivity index (χ0v) is 13.6. The van der Waals surface area contributed by atoms with Crippen molar-refractivity contribution in [3.8, 4) is 0 Å². The van der Waals surface area contributed by atoms with Gasteiger partial charge < -0.3 is 5.32 Å². The van der Waals surface area contributed by atoms with Crippen LogP contribution < -0.4 is 5.32 Å². The fourth-order valence-corrected chi connectivity index (χ4v) is 2.95. The molecule has 112 valence electrons. The quantitative estimate of drug-likeness (QED) is 0.842. The fraction of sp³-hybridized carbons (Fsp3) is 0.375. The highest BCUT2D eigenvalue weighted by Gasteiger charge is 2.03. The standard InChI is InChI=1S/C16H19ClN2OS/c1-12-19-15(11-21-12)8-9-18-16(20)7-3-5-13-4-2-6-14(17)10-13/h2,4,6,10-11H,3,5,7-9H2,1H3,(H,18,20). The molecular formula is C16H19ClN2OS. The number of carbonyl (C=O) groups is 1. The van der Waals surface area contributed by atoms with E-state index < -0.39 is 0 Å². The monoisotopic (exact) mass is 322 g/mol. The molecule has 0 bridgehead atoms. The summed E-state index contributed by atoms with van der Waals surface area (Å²) in [5.41, 5.74) is 2.23. The molecule has 3 nitrogen and oxygen atoms in total. The molecule has 21 heavy (non-hydrogen) atoms. The van der Waals surface area contributed by atoms with Gasteiger partial charge in [-0.1, -0.05) is 23.7 Å². The van der Waals surface area contributed by atoms with Gasteiger partial charge in [-0.05, 0) is 37.5 Å².